The molecular weight excluding hydrogens is 240 g/mol. The van der Waals surface area contributed by atoms with Crippen molar-refractivity contribution >= 4 is 12.4 Å². The zero-order valence-corrected chi connectivity index (χ0v) is 10.2. The van der Waals surface area contributed by atoms with Crippen molar-refractivity contribution in [3.8, 4) is 11.5 Å². The number of hydrogen-bond acceptors (Lipinski definition) is 4. The van der Waals surface area contributed by atoms with Gasteiger partial charge in [-0.1, -0.05) is 30.3 Å². The molecule has 0 unspecified atom stereocenters. The average Bonchev–Trinajstić information content (AvgIpc) is 2.92. The first-order valence-electron chi connectivity index (χ1n) is 5.93. The van der Waals surface area contributed by atoms with Crippen molar-refractivity contribution in [2.24, 2.45) is 10.2 Å². The SMILES string of the molecule is C(=NN=Cc1ccc2c(c1)OCO2)c1ccccc1. The molecule has 19 heavy (non-hydrogen) atoms. The van der Waals surface area contributed by atoms with Crippen LogP contribution in [0.5, 0.6) is 11.5 Å². The summed E-state index contributed by atoms with van der Waals surface area (Å²) in [6.45, 7) is 0.280. The summed E-state index contributed by atoms with van der Waals surface area (Å²) in [7, 11) is 0. The molecule has 0 atom stereocenters. The quantitative estimate of drug-likeness (QED) is 0.622. The molecular formula is C15H12N2O2. The fourth-order valence-corrected chi connectivity index (χ4v) is 1.73. The third kappa shape index (κ3) is 2.80. The van der Waals surface area contributed by atoms with Crippen molar-refractivity contribution in [2.75, 3.05) is 6.79 Å². The monoisotopic (exact) mass is 252 g/mol. The Hall–Kier alpha value is -2.62. The minimum Gasteiger partial charge on any atom is -0.454 e. The number of rotatable bonds is 3. The number of ether oxygens (including phenoxy) is 2. The van der Waals surface area contributed by atoms with Gasteiger partial charge in [0, 0.05) is 0 Å². The zero-order chi connectivity index (χ0) is 12.9. The van der Waals surface area contributed by atoms with E-state index in [1.807, 2.05) is 48.5 Å². The van der Waals surface area contributed by atoms with Gasteiger partial charge in [0.15, 0.2) is 11.5 Å². The molecule has 0 saturated heterocycles. The largest absolute Gasteiger partial charge is 0.454 e. The summed E-state index contributed by atoms with van der Waals surface area (Å²) in [5.41, 5.74) is 1.94. The molecule has 4 nitrogen and oxygen atoms in total. The van der Waals surface area contributed by atoms with Gasteiger partial charge in [0.25, 0.3) is 0 Å². The van der Waals surface area contributed by atoms with E-state index in [1.54, 1.807) is 12.4 Å². The summed E-state index contributed by atoms with van der Waals surface area (Å²) in [5, 5.41) is 8.01. The predicted molar refractivity (Wildman–Crippen MR) is 74.2 cm³/mol. The lowest BCUT2D eigenvalue weighted by molar-refractivity contribution is 0.174. The van der Waals surface area contributed by atoms with Crippen molar-refractivity contribution in [1.29, 1.82) is 0 Å². The maximum atomic E-state index is 5.29. The van der Waals surface area contributed by atoms with E-state index in [0.717, 1.165) is 22.6 Å². The zero-order valence-electron chi connectivity index (χ0n) is 10.2. The van der Waals surface area contributed by atoms with Crippen LogP contribution in [0.15, 0.2) is 58.7 Å². The van der Waals surface area contributed by atoms with Crippen molar-refractivity contribution in [3.05, 3.63) is 59.7 Å². The first-order valence-corrected chi connectivity index (χ1v) is 5.93. The van der Waals surface area contributed by atoms with Gasteiger partial charge in [-0.25, -0.2) is 0 Å². The Bertz CT molecular complexity index is 621. The Morgan fingerprint density at radius 1 is 0.789 bits per heavy atom. The fourth-order valence-electron chi connectivity index (χ4n) is 1.73. The molecule has 0 aromatic heterocycles. The highest BCUT2D eigenvalue weighted by molar-refractivity contribution is 5.83. The van der Waals surface area contributed by atoms with E-state index in [2.05, 4.69) is 10.2 Å². The van der Waals surface area contributed by atoms with Crippen LogP contribution in [-0.4, -0.2) is 19.2 Å². The van der Waals surface area contributed by atoms with Crippen LogP contribution in [0.4, 0.5) is 0 Å². The average molecular weight is 252 g/mol. The second-order valence-electron chi connectivity index (χ2n) is 4.01. The second kappa shape index (κ2) is 5.35. The van der Waals surface area contributed by atoms with Crippen molar-refractivity contribution in [3.63, 3.8) is 0 Å². The van der Waals surface area contributed by atoms with Gasteiger partial charge in [0.2, 0.25) is 6.79 Å². The standard InChI is InChI=1S/C15H12N2O2/c1-2-4-12(5-3-1)9-16-17-10-13-6-7-14-15(8-13)19-11-18-14/h1-10H,11H2. The molecule has 1 aliphatic heterocycles. The Labute approximate surface area is 111 Å². The number of benzene rings is 2. The summed E-state index contributed by atoms with van der Waals surface area (Å²) in [5.74, 6) is 1.51. The summed E-state index contributed by atoms with van der Waals surface area (Å²) in [6, 6.07) is 15.5. The van der Waals surface area contributed by atoms with Crippen LogP contribution in [0.25, 0.3) is 0 Å². The summed E-state index contributed by atoms with van der Waals surface area (Å²) < 4.78 is 10.5. The van der Waals surface area contributed by atoms with Gasteiger partial charge in [-0.3, -0.25) is 0 Å². The molecule has 1 aliphatic rings. The lowest BCUT2D eigenvalue weighted by Crippen LogP contribution is -1.92. The molecule has 0 amide bonds. The molecule has 0 spiro atoms. The van der Waals surface area contributed by atoms with E-state index in [0.29, 0.717) is 0 Å². The van der Waals surface area contributed by atoms with Gasteiger partial charge < -0.3 is 9.47 Å². The molecule has 2 aromatic carbocycles. The number of fused-ring (bicyclic) bond motifs is 1. The molecule has 3 rings (SSSR count). The fraction of sp³-hybridized carbons (Fsp3) is 0.0667. The molecule has 0 aliphatic carbocycles. The number of hydrogen-bond donors (Lipinski definition) is 0. The normalized spacial score (nSPS) is 13.5. The molecule has 0 bridgehead atoms. The minimum absolute atomic E-state index is 0.280. The van der Waals surface area contributed by atoms with E-state index in [4.69, 9.17) is 9.47 Å². The third-order valence-corrected chi connectivity index (χ3v) is 2.68. The second-order valence-corrected chi connectivity index (χ2v) is 4.01. The Kier molecular flexibility index (Phi) is 3.23. The Morgan fingerprint density at radius 3 is 2.37 bits per heavy atom. The maximum absolute atomic E-state index is 5.29. The summed E-state index contributed by atoms with van der Waals surface area (Å²) >= 11 is 0. The molecule has 4 heteroatoms. The highest BCUT2D eigenvalue weighted by Gasteiger charge is 2.12. The van der Waals surface area contributed by atoms with Crippen LogP contribution in [0.2, 0.25) is 0 Å². The Morgan fingerprint density at radius 2 is 1.53 bits per heavy atom. The molecule has 1 heterocycles. The van der Waals surface area contributed by atoms with Crippen molar-refractivity contribution in [2.45, 2.75) is 0 Å². The smallest absolute Gasteiger partial charge is 0.231 e. The lowest BCUT2D eigenvalue weighted by Gasteiger charge is -1.95. The van der Waals surface area contributed by atoms with Crippen LogP contribution in [0, 0.1) is 0 Å². The molecule has 0 saturated carbocycles. The summed E-state index contributed by atoms with van der Waals surface area (Å²) in [4.78, 5) is 0. The van der Waals surface area contributed by atoms with E-state index in [1.165, 1.54) is 0 Å². The van der Waals surface area contributed by atoms with Crippen LogP contribution in [0.3, 0.4) is 0 Å². The van der Waals surface area contributed by atoms with E-state index in [9.17, 15) is 0 Å². The first kappa shape index (κ1) is 11.5. The van der Waals surface area contributed by atoms with E-state index < -0.39 is 0 Å². The van der Waals surface area contributed by atoms with Crippen LogP contribution >= 0.6 is 0 Å². The highest BCUT2D eigenvalue weighted by Crippen LogP contribution is 2.31. The van der Waals surface area contributed by atoms with Gasteiger partial charge in [0.05, 0.1) is 12.4 Å². The Balaban J connectivity index is 1.68. The van der Waals surface area contributed by atoms with Crippen molar-refractivity contribution < 1.29 is 9.47 Å². The molecule has 2 aromatic rings. The van der Waals surface area contributed by atoms with E-state index in [-0.39, 0.29) is 6.79 Å². The molecule has 0 fully saturated rings. The van der Waals surface area contributed by atoms with Gasteiger partial charge in [0.1, 0.15) is 0 Å². The summed E-state index contributed by atoms with van der Waals surface area (Å²) in [6.07, 6.45) is 3.39. The van der Waals surface area contributed by atoms with Gasteiger partial charge in [-0.2, -0.15) is 10.2 Å². The molecule has 0 N–H and O–H groups in total. The lowest BCUT2D eigenvalue weighted by atomic mass is 10.2. The number of nitrogens with zero attached hydrogens (tertiary/aromatic N) is 2. The predicted octanol–water partition coefficient (Wildman–Crippen LogP) is 2.87. The molecule has 94 valence electrons. The van der Waals surface area contributed by atoms with Crippen LogP contribution in [0.1, 0.15) is 11.1 Å². The van der Waals surface area contributed by atoms with Gasteiger partial charge >= 0.3 is 0 Å². The molecule has 0 radical (unpaired) electrons. The van der Waals surface area contributed by atoms with Crippen molar-refractivity contribution in [1.82, 2.24) is 0 Å². The van der Waals surface area contributed by atoms with Gasteiger partial charge in [-0.05, 0) is 29.3 Å². The minimum atomic E-state index is 0.280. The highest BCUT2D eigenvalue weighted by atomic mass is 16.7. The van der Waals surface area contributed by atoms with E-state index >= 15 is 0 Å². The van der Waals surface area contributed by atoms with Crippen LogP contribution < -0.4 is 9.47 Å². The topological polar surface area (TPSA) is 43.2 Å². The first-order chi connectivity index (χ1) is 9.42. The van der Waals surface area contributed by atoms with Crippen LogP contribution in [-0.2, 0) is 0 Å². The van der Waals surface area contributed by atoms with Gasteiger partial charge in [-0.15, -0.1) is 0 Å². The maximum Gasteiger partial charge on any atom is 0.231 e. The third-order valence-electron chi connectivity index (χ3n) is 2.68.